The molecule has 0 saturated carbocycles. The normalized spacial score (nSPS) is 11.2. The lowest BCUT2D eigenvalue weighted by molar-refractivity contribution is 0.268. The molecule has 0 saturated heterocycles. The van der Waals surface area contributed by atoms with E-state index in [1.807, 2.05) is 35.1 Å². The number of aromatic nitrogens is 2. The standard InChI is InChI=1S/C19H29N5O.HI/c1-16(2)15-25-18-9-5-4-8-17(18)14-22-19(20-3)21-10-6-12-24-13-7-11-23-24;/h4-5,7-9,11,13,16H,6,10,12,14-15H2,1-3H3,(H2,20,21,22);1H. The first kappa shape index (κ1) is 22.3. The summed E-state index contributed by atoms with van der Waals surface area (Å²) in [6, 6.07) is 10.1. The number of hydrogen-bond acceptors (Lipinski definition) is 3. The van der Waals surface area contributed by atoms with E-state index in [-0.39, 0.29) is 24.0 Å². The number of halogens is 1. The van der Waals surface area contributed by atoms with E-state index in [2.05, 4.69) is 40.6 Å². The molecule has 0 fully saturated rings. The first-order valence-electron chi connectivity index (χ1n) is 8.81. The van der Waals surface area contributed by atoms with Crippen LogP contribution in [0.3, 0.4) is 0 Å². The minimum atomic E-state index is 0. The number of nitrogens with zero attached hydrogens (tertiary/aromatic N) is 3. The lowest BCUT2D eigenvalue weighted by atomic mass is 10.2. The Hall–Kier alpha value is -1.77. The van der Waals surface area contributed by atoms with Gasteiger partial charge in [-0.2, -0.15) is 5.10 Å². The van der Waals surface area contributed by atoms with E-state index in [4.69, 9.17) is 4.74 Å². The van der Waals surface area contributed by atoms with Crippen LogP contribution in [0.1, 0.15) is 25.8 Å². The summed E-state index contributed by atoms with van der Waals surface area (Å²) in [6.45, 7) is 7.42. The molecule has 0 atom stereocenters. The van der Waals surface area contributed by atoms with Gasteiger partial charge >= 0.3 is 0 Å². The first-order chi connectivity index (χ1) is 12.2. The smallest absolute Gasteiger partial charge is 0.191 e. The molecule has 144 valence electrons. The van der Waals surface area contributed by atoms with Gasteiger partial charge in [-0.15, -0.1) is 24.0 Å². The summed E-state index contributed by atoms with van der Waals surface area (Å²) in [6.07, 6.45) is 4.75. The molecule has 2 aromatic rings. The maximum atomic E-state index is 5.89. The van der Waals surface area contributed by atoms with E-state index in [1.165, 1.54) is 0 Å². The van der Waals surface area contributed by atoms with Gasteiger partial charge in [0.15, 0.2) is 5.96 Å². The summed E-state index contributed by atoms with van der Waals surface area (Å²) >= 11 is 0. The molecule has 0 aliphatic heterocycles. The number of hydrogen-bond donors (Lipinski definition) is 2. The fraction of sp³-hybridized carbons (Fsp3) is 0.474. The molecule has 2 rings (SSSR count). The lowest BCUT2D eigenvalue weighted by Crippen LogP contribution is -2.37. The van der Waals surface area contributed by atoms with E-state index in [9.17, 15) is 0 Å². The van der Waals surface area contributed by atoms with Crippen molar-refractivity contribution in [2.75, 3.05) is 20.2 Å². The summed E-state index contributed by atoms with van der Waals surface area (Å²) in [7, 11) is 1.78. The van der Waals surface area contributed by atoms with Gasteiger partial charge in [-0.3, -0.25) is 9.67 Å². The molecule has 1 aromatic heterocycles. The van der Waals surface area contributed by atoms with E-state index in [0.29, 0.717) is 12.5 Å². The molecular formula is C19H30IN5O. The van der Waals surface area contributed by atoms with Crippen molar-refractivity contribution >= 4 is 29.9 Å². The fourth-order valence-corrected chi connectivity index (χ4v) is 2.33. The van der Waals surface area contributed by atoms with Crippen LogP contribution in [0.4, 0.5) is 0 Å². The Morgan fingerprint density at radius 3 is 2.73 bits per heavy atom. The van der Waals surface area contributed by atoms with Crippen LogP contribution in [0.15, 0.2) is 47.7 Å². The molecule has 6 nitrogen and oxygen atoms in total. The molecular weight excluding hydrogens is 441 g/mol. The van der Waals surface area contributed by atoms with Crippen molar-refractivity contribution in [3.8, 4) is 5.75 Å². The molecule has 26 heavy (non-hydrogen) atoms. The topological polar surface area (TPSA) is 63.5 Å². The molecule has 0 unspecified atom stereocenters. The molecule has 0 amide bonds. The average molecular weight is 471 g/mol. The lowest BCUT2D eigenvalue weighted by Gasteiger charge is -2.15. The van der Waals surface area contributed by atoms with Crippen LogP contribution in [-0.2, 0) is 13.1 Å². The van der Waals surface area contributed by atoms with Gasteiger partial charge in [0.05, 0.1) is 6.61 Å². The molecule has 0 radical (unpaired) electrons. The van der Waals surface area contributed by atoms with Crippen LogP contribution in [0.25, 0.3) is 0 Å². The van der Waals surface area contributed by atoms with Crippen LogP contribution in [0.5, 0.6) is 5.75 Å². The van der Waals surface area contributed by atoms with Gasteiger partial charge in [-0.05, 0) is 24.5 Å². The third kappa shape index (κ3) is 8.07. The predicted octanol–water partition coefficient (Wildman–Crippen LogP) is 3.29. The van der Waals surface area contributed by atoms with Gasteiger partial charge in [0.2, 0.25) is 0 Å². The van der Waals surface area contributed by atoms with Gasteiger partial charge in [0.1, 0.15) is 5.75 Å². The van der Waals surface area contributed by atoms with Crippen LogP contribution in [0, 0.1) is 5.92 Å². The Labute approximate surface area is 173 Å². The second-order valence-electron chi connectivity index (χ2n) is 6.29. The number of rotatable bonds is 9. The fourth-order valence-electron chi connectivity index (χ4n) is 2.33. The third-order valence-corrected chi connectivity index (χ3v) is 3.63. The van der Waals surface area contributed by atoms with Crippen molar-refractivity contribution in [2.24, 2.45) is 10.9 Å². The van der Waals surface area contributed by atoms with E-state index >= 15 is 0 Å². The number of guanidine groups is 1. The molecule has 0 aliphatic rings. The van der Waals surface area contributed by atoms with Gasteiger partial charge < -0.3 is 15.4 Å². The Balaban J connectivity index is 0.00000338. The number of para-hydroxylation sites is 1. The zero-order valence-corrected chi connectivity index (χ0v) is 18.1. The highest BCUT2D eigenvalue weighted by atomic mass is 127. The van der Waals surface area contributed by atoms with Gasteiger partial charge in [-0.25, -0.2) is 0 Å². The average Bonchev–Trinajstić information content (AvgIpc) is 3.13. The summed E-state index contributed by atoms with van der Waals surface area (Å²) in [5, 5.41) is 10.9. The zero-order valence-electron chi connectivity index (χ0n) is 15.8. The van der Waals surface area contributed by atoms with Crippen molar-refractivity contribution < 1.29 is 4.74 Å². The Kier molecular flexibility index (Phi) is 10.8. The molecule has 1 heterocycles. The molecule has 0 aliphatic carbocycles. The Morgan fingerprint density at radius 1 is 1.23 bits per heavy atom. The van der Waals surface area contributed by atoms with Gasteiger partial charge in [0, 0.05) is 44.6 Å². The van der Waals surface area contributed by atoms with Crippen LogP contribution in [-0.4, -0.2) is 35.9 Å². The van der Waals surface area contributed by atoms with Gasteiger partial charge in [0.25, 0.3) is 0 Å². The number of aryl methyl sites for hydroxylation is 1. The van der Waals surface area contributed by atoms with Gasteiger partial charge in [-0.1, -0.05) is 32.0 Å². The molecule has 7 heteroatoms. The third-order valence-electron chi connectivity index (χ3n) is 3.63. The van der Waals surface area contributed by atoms with Crippen molar-refractivity contribution in [3.63, 3.8) is 0 Å². The highest BCUT2D eigenvalue weighted by molar-refractivity contribution is 14.0. The minimum Gasteiger partial charge on any atom is -0.493 e. The van der Waals surface area contributed by atoms with E-state index in [1.54, 1.807) is 13.2 Å². The number of benzene rings is 1. The van der Waals surface area contributed by atoms with Crippen molar-refractivity contribution in [1.29, 1.82) is 0 Å². The van der Waals surface area contributed by atoms with Crippen LogP contribution in [0.2, 0.25) is 0 Å². The summed E-state index contributed by atoms with van der Waals surface area (Å²) in [5.74, 6) is 2.22. The van der Waals surface area contributed by atoms with Crippen LogP contribution >= 0.6 is 24.0 Å². The largest absolute Gasteiger partial charge is 0.493 e. The molecule has 1 aromatic carbocycles. The second kappa shape index (κ2) is 12.6. The SMILES string of the molecule is CN=C(NCCCn1cccn1)NCc1ccccc1OCC(C)C.I. The molecule has 0 spiro atoms. The number of aliphatic imine (C=N–C) groups is 1. The number of ether oxygens (including phenoxy) is 1. The monoisotopic (exact) mass is 471 g/mol. The predicted molar refractivity (Wildman–Crippen MR) is 117 cm³/mol. The minimum absolute atomic E-state index is 0. The highest BCUT2D eigenvalue weighted by Crippen LogP contribution is 2.18. The maximum Gasteiger partial charge on any atom is 0.191 e. The Bertz CT molecular complexity index is 643. The van der Waals surface area contributed by atoms with E-state index in [0.717, 1.165) is 43.4 Å². The summed E-state index contributed by atoms with van der Waals surface area (Å²) in [5.41, 5.74) is 1.13. The maximum absolute atomic E-state index is 5.89. The zero-order chi connectivity index (χ0) is 17.9. The second-order valence-corrected chi connectivity index (χ2v) is 6.29. The van der Waals surface area contributed by atoms with Crippen molar-refractivity contribution in [3.05, 3.63) is 48.3 Å². The van der Waals surface area contributed by atoms with E-state index < -0.39 is 0 Å². The summed E-state index contributed by atoms with van der Waals surface area (Å²) < 4.78 is 7.83. The molecule has 2 N–H and O–H groups in total. The summed E-state index contributed by atoms with van der Waals surface area (Å²) in [4.78, 5) is 4.27. The highest BCUT2D eigenvalue weighted by Gasteiger charge is 2.05. The van der Waals surface area contributed by atoms with Crippen LogP contribution < -0.4 is 15.4 Å². The Morgan fingerprint density at radius 2 is 2.04 bits per heavy atom. The van der Waals surface area contributed by atoms with Crippen molar-refractivity contribution in [1.82, 2.24) is 20.4 Å². The number of nitrogens with one attached hydrogen (secondary N) is 2. The first-order valence-corrected chi connectivity index (χ1v) is 8.81. The molecule has 0 bridgehead atoms. The van der Waals surface area contributed by atoms with Crippen molar-refractivity contribution in [2.45, 2.75) is 33.4 Å². The quantitative estimate of drug-likeness (QED) is 0.255.